The molecule has 286 valence electrons. The van der Waals surface area contributed by atoms with Crippen molar-refractivity contribution in [3.05, 3.63) is 42.5 Å². The molecule has 0 aliphatic carbocycles. The van der Waals surface area contributed by atoms with Crippen molar-refractivity contribution in [2.24, 2.45) is 28.9 Å². The normalized spacial score (nSPS) is 21.2. The van der Waals surface area contributed by atoms with Crippen LogP contribution in [-0.4, -0.2) is 79.6 Å². The molecule has 2 aromatic carbocycles. The molecular weight excluding hydrogens is 706 g/mol. The van der Waals surface area contributed by atoms with Gasteiger partial charge in [-0.1, -0.05) is 33.1 Å². The summed E-state index contributed by atoms with van der Waals surface area (Å²) in [6.07, 6.45) is 6.15. The van der Waals surface area contributed by atoms with E-state index in [1.165, 1.54) is 12.1 Å². The quantitative estimate of drug-likeness (QED) is 0.0868. The van der Waals surface area contributed by atoms with Gasteiger partial charge < -0.3 is 49.1 Å². The number of hydrogen-bond acceptors (Lipinski definition) is 14. The fourth-order valence-electron chi connectivity index (χ4n) is 6.57. The van der Waals surface area contributed by atoms with Crippen LogP contribution in [-0.2, 0) is 14.8 Å². The van der Waals surface area contributed by atoms with Crippen LogP contribution < -0.4 is 53.8 Å². The number of nitrogens with zero attached hydrogens (tertiary/aromatic N) is 5. The minimum Gasteiger partial charge on any atom is -0.397 e. The first-order valence-electron chi connectivity index (χ1n) is 17.7. The third-order valence-corrected chi connectivity index (χ3v) is 10.6. The molecule has 2 aliphatic rings. The largest absolute Gasteiger partial charge is 0.397 e. The molecule has 3 heterocycles. The van der Waals surface area contributed by atoms with Gasteiger partial charge in [-0.3, -0.25) is 9.52 Å². The highest BCUT2D eigenvalue weighted by Gasteiger charge is 2.29. The number of benzene rings is 2. The van der Waals surface area contributed by atoms with Gasteiger partial charge in [0.05, 0.1) is 16.3 Å². The summed E-state index contributed by atoms with van der Waals surface area (Å²) in [5, 5.41) is 6.10. The van der Waals surface area contributed by atoms with Gasteiger partial charge in [-0.25, -0.2) is 8.42 Å². The Kier molecular flexibility index (Phi) is 14.2. The number of anilines is 7. The van der Waals surface area contributed by atoms with E-state index in [9.17, 15) is 13.2 Å². The lowest BCUT2D eigenvalue weighted by Gasteiger charge is -2.37. The Labute approximate surface area is 312 Å². The molecule has 1 amide bonds. The molecular formula is C34H54ClN13O3S. The molecule has 5 atom stereocenters. The molecule has 0 radical (unpaired) electrons. The first kappa shape index (κ1) is 40.8. The van der Waals surface area contributed by atoms with Crippen molar-refractivity contribution in [3.8, 4) is 0 Å². The smallest absolute Gasteiger partial charge is 0.261 e. The number of piperidine rings is 2. The molecule has 2 fully saturated rings. The number of nitrogens with one attached hydrogen (secondary N) is 3. The molecule has 0 bridgehead atoms. The van der Waals surface area contributed by atoms with Crippen molar-refractivity contribution in [1.82, 2.24) is 15.0 Å². The zero-order valence-corrected chi connectivity index (χ0v) is 31.5. The highest BCUT2D eigenvalue weighted by molar-refractivity contribution is 7.92. The molecule has 2 aliphatic heterocycles. The average Bonchev–Trinajstić information content (AvgIpc) is 3.07. The Bertz CT molecular complexity index is 1690. The Morgan fingerprint density at radius 1 is 0.827 bits per heavy atom. The third kappa shape index (κ3) is 10.8. The molecule has 18 heteroatoms. The van der Waals surface area contributed by atoms with Gasteiger partial charge in [0.15, 0.2) is 0 Å². The van der Waals surface area contributed by atoms with Gasteiger partial charge in [0, 0.05) is 67.6 Å². The predicted molar refractivity (Wildman–Crippen MR) is 211 cm³/mol. The Morgan fingerprint density at radius 2 is 1.37 bits per heavy atom. The summed E-state index contributed by atoms with van der Waals surface area (Å²) < 4.78 is 29.1. The highest BCUT2D eigenvalue weighted by Crippen LogP contribution is 2.29. The van der Waals surface area contributed by atoms with Crippen LogP contribution in [0.1, 0.15) is 58.8 Å². The maximum Gasteiger partial charge on any atom is 0.261 e. The second-order valence-corrected chi connectivity index (χ2v) is 15.4. The fraction of sp³-hybridized carbons (Fsp3) is 0.529. The number of aromatic nitrogens is 3. The minimum absolute atomic E-state index is 0. The third-order valence-electron chi connectivity index (χ3n) is 9.21. The molecule has 0 spiro atoms. The number of halogens is 1. The van der Waals surface area contributed by atoms with E-state index in [1.54, 1.807) is 30.3 Å². The van der Waals surface area contributed by atoms with E-state index < -0.39 is 10.0 Å². The number of carbonyl (C=O) groups is 1. The fourth-order valence-corrected chi connectivity index (χ4v) is 7.65. The summed E-state index contributed by atoms with van der Waals surface area (Å²) in [6.45, 7) is 6.27. The monoisotopic (exact) mass is 759 g/mol. The topological polar surface area (TPSA) is 263 Å². The Hall–Kier alpha value is -4.00. The van der Waals surface area contributed by atoms with Gasteiger partial charge in [0.1, 0.15) is 0 Å². The van der Waals surface area contributed by atoms with Gasteiger partial charge in [-0.15, -0.1) is 12.4 Å². The molecule has 0 saturated carbocycles. The number of nitrogens with two attached hydrogens (primary N) is 5. The number of amides is 1. The van der Waals surface area contributed by atoms with E-state index >= 15 is 0 Å². The number of rotatable bonds is 14. The van der Waals surface area contributed by atoms with E-state index in [0.29, 0.717) is 62.3 Å². The van der Waals surface area contributed by atoms with Crippen molar-refractivity contribution in [2.75, 3.05) is 57.1 Å². The first-order valence-corrected chi connectivity index (χ1v) is 19.2. The molecule has 1 aromatic heterocycles. The van der Waals surface area contributed by atoms with Gasteiger partial charge in [-0.05, 0) is 68.1 Å². The number of hydrogen-bond donors (Lipinski definition) is 8. The minimum atomic E-state index is -3.99. The zero-order valence-electron chi connectivity index (χ0n) is 29.9. The lowest BCUT2D eigenvalue weighted by atomic mass is 9.97. The maximum absolute atomic E-state index is 13.3. The summed E-state index contributed by atoms with van der Waals surface area (Å²) >= 11 is 0. The number of nitrogen functional groups attached to an aromatic ring is 1. The number of carbonyl (C=O) groups excluding carboxylic acids is 1. The van der Waals surface area contributed by atoms with Crippen molar-refractivity contribution in [1.29, 1.82) is 0 Å². The highest BCUT2D eigenvalue weighted by atomic mass is 35.5. The van der Waals surface area contributed by atoms with Crippen LogP contribution in [0.15, 0.2) is 47.4 Å². The lowest BCUT2D eigenvalue weighted by molar-refractivity contribution is -0.120. The SMILES string of the molecule is CCCCCC(CC)C(=O)Nc1ccc(S(=O)(=O)Nc2ccc(Nc3nc(N4C[C@H](N)C[C@H](N)C4)nc(N4C[C@H](N)C[C@H](N)C4)n3)cc2N)cc1.Cl. The molecule has 5 rings (SSSR count). The summed E-state index contributed by atoms with van der Waals surface area (Å²) in [5.74, 6) is 0.938. The second kappa shape index (κ2) is 18.2. The Morgan fingerprint density at radius 3 is 1.87 bits per heavy atom. The van der Waals surface area contributed by atoms with Crippen LogP contribution in [0.25, 0.3) is 0 Å². The molecule has 52 heavy (non-hydrogen) atoms. The zero-order chi connectivity index (χ0) is 36.7. The maximum atomic E-state index is 13.3. The lowest BCUT2D eigenvalue weighted by Crippen LogP contribution is -2.54. The van der Waals surface area contributed by atoms with E-state index in [4.69, 9.17) is 33.7 Å². The number of sulfonamides is 1. The summed E-state index contributed by atoms with van der Waals surface area (Å²) in [6, 6.07) is 10.3. The van der Waals surface area contributed by atoms with Crippen molar-refractivity contribution >= 4 is 68.9 Å². The van der Waals surface area contributed by atoms with Crippen LogP contribution in [0, 0.1) is 5.92 Å². The van der Waals surface area contributed by atoms with Crippen LogP contribution in [0.2, 0.25) is 0 Å². The molecule has 2 saturated heterocycles. The standard InChI is InChI=1S/C34H53N13O3S.ClH/c1-3-5-6-7-21(4-2)31(48)40-26-8-11-28(12-9-26)51(49,50)45-30-13-10-27(16-29(30)39)41-32-42-33(46-17-22(35)14-23(36)18-46)44-34(43-32)47-19-24(37)15-25(38)20-47;/h8-13,16,21-25,45H,3-7,14-15,17-20,35-39H2,1-2H3,(H,40,48)(H,41,42,43,44);1H/t21?,22-,23+,24-,25+;. The van der Waals surface area contributed by atoms with Gasteiger partial charge in [0.25, 0.3) is 10.0 Å². The van der Waals surface area contributed by atoms with E-state index in [2.05, 4.69) is 32.2 Å². The summed E-state index contributed by atoms with van der Waals surface area (Å²) in [7, 11) is -3.99. The van der Waals surface area contributed by atoms with Crippen LogP contribution >= 0.6 is 12.4 Å². The Balaban J connectivity index is 0.00000605. The van der Waals surface area contributed by atoms with Gasteiger partial charge in [0.2, 0.25) is 23.8 Å². The average molecular weight is 760 g/mol. The first-order chi connectivity index (χ1) is 24.3. The van der Waals surface area contributed by atoms with E-state index in [-0.39, 0.29) is 70.6 Å². The van der Waals surface area contributed by atoms with E-state index in [1.807, 2.05) is 16.7 Å². The summed E-state index contributed by atoms with van der Waals surface area (Å²) in [4.78, 5) is 30.8. The van der Waals surface area contributed by atoms with Gasteiger partial charge in [-0.2, -0.15) is 15.0 Å². The second-order valence-electron chi connectivity index (χ2n) is 13.7. The predicted octanol–water partition coefficient (Wildman–Crippen LogP) is 2.69. The summed E-state index contributed by atoms with van der Waals surface area (Å²) in [5.41, 5.74) is 32.8. The van der Waals surface area contributed by atoms with Crippen molar-refractivity contribution < 1.29 is 13.2 Å². The van der Waals surface area contributed by atoms with Crippen molar-refractivity contribution in [2.45, 2.75) is 87.9 Å². The van der Waals surface area contributed by atoms with Crippen LogP contribution in [0.4, 0.5) is 40.6 Å². The van der Waals surface area contributed by atoms with Crippen molar-refractivity contribution in [3.63, 3.8) is 0 Å². The molecule has 3 aromatic rings. The molecule has 1 unspecified atom stereocenters. The number of unbranched alkanes of at least 4 members (excludes halogenated alkanes) is 2. The van der Waals surface area contributed by atoms with Crippen LogP contribution in [0.5, 0.6) is 0 Å². The molecule has 13 N–H and O–H groups in total. The van der Waals surface area contributed by atoms with Crippen LogP contribution in [0.3, 0.4) is 0 Å². The molecule has 16 nitrogen and oxygen atoms in total. The van der Waals surface area contributed by atoms with E-state index in [0.717, 1.165) is 32.1 Å². The van der Waals surface area contributed by atoms with Gasteiger partial charge >= 0.3 is 0 Å².